The quantitative estimate of drug-likeness (QED) is 0.673. The van der Waals surface area contributed by atoms with Crippen LogP contribution in [0.4, 0.5) is 0 Å². The summed E-state index contributed by atoms with van der Waals surface area (Å²) in [5, 5.41) is 21.2. The van der Waals surface area contributed by atoms with Gasteiger partial charge in [-0.2, -0.15) is 5.26 Å². The van der Waals surface area contributed by atoms with Gasteiger partial charge in [0, 0.05) is 6.54 Å². The van der Waals surface area contributed by atoms with Crippen molar-refractivity contribution in [2.75, 3.05) is 0 Å². The van der Waals surface area contributed by atoms with Crippen LogP contribution in [0.5, 0.6) is 5.75 Å². The summed E-state index contributed by atoms with van der Waals surface area (Å²) in [5.41, 5.74) is 3.96. The van der Waals surface area contributed by atoms with Crippen molar-refractivity contribution in [3.05, 3.63) is 70.3 Å². The number of nitrogens with one attached hydrogen (secondary N) is 1. The third-order valence-corrected chi connectivity index (χ3v) is 3.51. The molecule has 1 amide bonds. The van der Waals surface area contributed by atoms with E-state index >= 15 is 0 Å². The molecule has 0 spiro atoms. The first-order valence-electron chi connectivity index (χ1n) is 7.25. The molecule has 0 atom stereocenters. The number of carbonyl (C=O) groups is 1. The average Bonchev–Trinajstić information content (AvgIpc) is 2.55. The Bertz CT molecular complexity index is 784. The molecule has 0 saturated carbocycles. The van der Waals surface area contributed by atoms with Crippen LogP contribution >= 0.6 is 0 Å². The van der Waals surface area contributed by atoms with Gasteiger partial charge in [0.2, 0.25) is 0 Å². The third-order valence-electron chi connectivity index (χ3n) is 3.51. The molecule has 2 aromatic rings. The van der Waals surface area contributed by atoms with Crippen molar-refractivity contribution in [1.82, 2.24) is 5.32 Å². The lowest BCUT2D eigenvalue weighted by Gasteiger charge is -2.08. The van der Waals surface area contributed by atoms with Crippen molar-refractivity contribution in [3.63, 3.8) is 0 Å². The summed E-state index contributed by atoms with van der Waals surface area (Å²) in [6, 6.07) is 14.3. The van der Waals surface area contributed by atoms with Crippen LogP contribution in [0.2, 0.25) is 0 Å². The molecule has 2 rings (SSSR count). The fraction of sp³-hybridized carbons (Fsp3) is 0.158. The van der Waals surface area contributed by atoms with Gasteiger partial charge in [-0.15, -0.1) is 0 Å². The molecule has 0 saturated heterocycles. The minimum atomic E-state index is -0.415. The summed E-state index contributed by atoms with van der Waals surface area (Å²) < 4.78 is 0. The highest BCUT2D eigenvalue weighted by atomic mass is 16.3. The molecule has 0 heterocycles. The van der Waals surface area contributed by atoms with Gasteiger partial charge in [0.15, 0.2) is 0 Å². The lowest BCUT2D eigenvalue weighted by atomic mass is 10.1. The summed E-state index contributed by atoms with van der Waals surface area (Å²) in [4.78, 5) is 12.2. The first-order valence-corrected chi connectivity index (χ1v) is 7.25. The zero-order valence-corrected chi connectivity index (χ0v) is 13.1. The van der Waals surface area contributed by atoms with Crippen LogP contribution in [0.25, 0.3) is 6.08 Å². The van der Waals surface area contributed by atoms with Gasteiger partial charge < -0.3 is 10.4 Å². The SMILES string of the molecule is Cc1ccc(C)c(CNC(=O)/C(C#N)=C/c2ccc(O)cc2)c1. The van der Waals surface area contributed by atoms with E-state index in [1.54, 1.807) is 12.1 Å². The largest absolute Gasteiger partial charge is 0.508 e. The zero-order valence-electron chi connectivity index (χ0n) is 13.1. The molecule has 116 valence electrons. The monoisotopic (exact) mass is 306 g/mol. The second kappa shape index (κ2) is 7.28. The van der Waals surface area contributed by atoms with Gasteiger partial charge in [-0.3, -0.25) is 4.79 Å². The Morgan fingerprint density at radius 3 is 2.57 bits per heavy atom. The molecule has 23 heavy (non-hydrogen) atoms. The standard InChI is InChI=1S/C19H18N2O2/c1-13-3-4-14(2)17(9-13)12-21-19(23)16(11-20)10-15-5-7-18(22)8-6-15/h3-10,22H,12H2,1-2H3,(H,21,23)/b16-10+. The second-order valence-corrected chi connectivity index (χ2v) is 5.37. The molecule has 0 unspecified atom stereocenters. The Morgan fingerprint density at radius 1 is 1.22 bits per heavy atom. The van der Waals surface area contributed by atoms with Crippen molar-refractivity contribution in [3.8, 4) is 11.8 Å². The zero-order chi connectivity index (χ0) is 16.8. The number of rotatable bonds is 4. The number of phenolic OH excluding ortho intramolecular Hbond substituents is 1. The van der Waals surface area contributed by atoms with Gasteiger partial charge in [0.05, 0.1) is 0 Å². The Hall–Kier alpha value is -3.06. The number of aromatic hydroxyl groups is 1. The van der Waals surface area contributed by atoms with E-state index in [2.05, 4.69) is 5.32 Å². The van der Waals surface area contributed by atoms with Crippen LogP contribution in [0.3, 0.4) is 0 Å². The lowest BCUT2D eigenvalue weighted by molar-refractivity contribution is -0.117. The summed E-state index contributed by atoms with van der Waals surface area (Å²) in [6.45, 7) is 4.36. The van der Waals surface area contributed by atoms with Gasteiger partial charge in [-0.25, -0.2) is 0 Å². The molecule has 4 nitrogen and oxygen atoms in total. The van der Waals surface area contributed by atoms with Crippen molar-refractivity contribution in [2.24, 2.45) is 0 Å². The number of phenols is 1. The van der Waals surface area contributed by atoms with E-state index in [1.165, 1.54) is 18.2 Å². The summed E-state index contributed by atoms with van der Waals surface area (Å²) >= 11 is 0. The van der Waals surface area contributed by atoms with Gasteiger partial charge in [0.25, 0.3) is 5.91 Å². The minimum absolute atomic E-state index is 0.0287. The van der Waals surface area contributed by atoms with E-state index in [-0.39, 0.29) is 11.3 Å². The van der Waals surface area contributed by atoms with E-state index in [4.69, 9.17) is 0 Å². The van der Waals surface area contributed by atoms with Crippen LogP contribution in [0.1, 0.15) is 22.3 Å². The Labute approximate surface area is 135 Å². The maximum absolute atomic E-state index is 12.2. The molecule has 0 bridgehead atoms. The van der Waals surface area contributed by atoms with Crippen LogP contribution in [0.15, 0.2) is 48.0 Å². The number of hydrogen-bond donors (Lipinski definition) is 2. The third kappa shape index (κ3) is 4.45. The Kier molecular flexibility index (Phi) is 5.16. The van der Waals surface area contributed by atoms with Crippen LogP contribution in [-0.4, -0.2) is 11.0 Å². The Morgan fingerprint density at radius 2 is 1.91 bits per heavy atom. The molecule has 0 radical (unpaired) electrons. The summed E-state index contributed by atoms with van der Waals surface area (Å²) in [7, 11) is 0. The number of hydrogen-bond acceptors (Lipinski definition) is 3. The highest BCUT2D eigenvalue weighted by molar-refractivity contribution is 6.01. The van der Waals surface area contributed by atoms with Gasteiger partial charge in [-0.05, 0) is 48.7 Å². The maximum Gasteiger partial charge on any atom is 0.262 e. The van der Waals surface area contributed by atoms with Crippen molar-refractivity contribution in [2.45, 2.75) is 20.4 Å². The lowest BCUT2D eigenvalue weighted by Crippen LogP contribution is -2.24. The van der Waals surface area contributed by atoms with Crippen LogP contribution in [0, 0.1) is 25.2 Å². The fourth-order valence-electron chi connectivity index (χ4n) is 2.15. The predicted octanol–water partition coefficient (Wildman–Crippen LogP) is 3.23. The number of amides is 1. The first kappa shape index (κ1) is 16.3. The maximum atomic E-state index is 12.2. The number of aryl methyl sites for hydroxylation is 2. The van der Waals surface area contributed by atoms with Gasteiger partial charge in [-0.1, -0.05) is 35.9 Å². The molecule has 2 N–H and O–H groups in total. The van der Waals surface area contributed by atoms with Crippen molar-refractivity contribution < 1.29 is 9.90 Å². The molecule has 4 heteroatoms. The van der Waals surface area contributed by atoms with E-state index in [1.807, 2.05) is 38.1 Å². The topological polar surface area (TPSA) is 73.1 Å². The molecule has 0 aliphatic carbocycles. The predicted molar refractivity (Wildman–Crippen MR) is 89.5 cm³/mol. The molecular weight excluding hydrogens is 288 g/mol. The second-order valence-electron chi connectivity index (χ2n) is 5.37. The summed E-state index contributed by atoms with van der Waals surface area (Å²) in [6.07, 6.45) is 1.50. The van der Waals surface area contributed by atoms with E-state index in [0.29, 0.717) is 12.1 Å². The smallest absolute Gasteiger partial charge is 0.262 e. The van der Waals surface area contributed by atoms with Crippen LogP contribution in [-0.2, 0) is 11.3 Å². The molecule has 0 aliphatic rings. The van der Waals surface area contributed by atoms with E-state index < -0.39 is 5.91 Å². The van der Waals surface area contributed by atoms with Crippen molar-refractivity contribution in [1.29, 1.82) is 5.26 Å². The highest BCUT2D eigenvalue weighted by Gasteiger charge is 2.09. The van der Waals surface area contributed by atoms with E-state index in [9.17, 15) is 15.2 Å². The summed E-state index contributed by atoms with van der Waals surface area (Å²) in [5.74, 6) is -0.276. The molecular formula is C19H18N2O2. The number of nitrogens with zero attached hydrogens (tertiary/aromatic N) is 1. The van der Waals surface area contributed by atoms with Gasteiger partial charge in [0.1, 0.15) is 17.4 Å². The van der Waals surface area contributed by atoms with Crippen LogP contribution < -0.4 is 5.32 Å². The molecule has 0 aliphatic heterocycles. The normalized spacial score (nSPS) is 10.9. The number of nitriles is 1. The van der Waals surface area contributed by atoms with E-state index in [0.717, 1.165) is 16.7 Å². The van der Waals surface area contributed by atoms with Crippen molar-refractivity contribution >= 4 is 12.0 Å². The molecule has 0 fully saturated rings. The Balaban J connectivity index is 2.10. The highest BCUT2D eigenvalue weighted by Crippen LogP contribution is 2.13. The molecule has 0 aromatic heterocycles. The first-order chi connectivity index (χ1) is 11.0. The number of carbonyl (C=O) groups excluding carboxylic acids is 1. The number of benzene rings is 2. The molecule has 2 aromatic carbocycles. The average molecular weight is 306 g/mol. The minimum Gasteiger partial charge on any atom is -0.508 e. The fourth-order valence-corrected chi connectivity index (χ4v) is 2.15. The van der Waals surface area contributed by atoms with Gasteiger partial charge >= 0.3 is 0 Å².